The SMILES string of the molecule is CCOC(=O)C[C@H](NC(=O)Nc1ccc(Cl)cc1)C1O[C@@H]2OC(C)(C)O[C@@H]2[C@H]1Oc1ccccc1. The topological polar surface area (TPSA) is 104 Å². The predicted octanol–water partition coefficient (Wildman–Crippen LogP) is 4.11. The second-order valence-electron chi connectivity index (χ2n) is 8.69. The number of hydrogen-bond donors (Lipinski definition) is 2. The molecule has 2 heterocycles. The van der Waals surface area contributed by atoms with Crippen LogP contribution in [0.5, 0.6) is 5.75 Å². The van der Waals surface area contributed by atoms with E-state index in [0.29, 0.717) is 16.5 Å². The molecule has 2 aliphatic rings. The first kappa shape index (κ1) is 25.2. The number of nitrogens with one attached hydrogen (secondary N) is 2. The molecule has 188 valence electrons. The van der Waals surface area contributed by atoms with Crippen LogP contribution in [0, 0.1) is 0 Å². The van der Waals surface area contributed by atoms with E-state index < -0.39 is 48.4 Å². The third-order valence-corrected chi connectivity index (χ3v) is 5.80. The van der Waals surface area contributed by atoms with Crippen molar-refractivity contribution < 1.29 is 33.3 Å². The van der Waals surface area contributed by atoms with Crippen molar-refractivity contribution in [2.24, 2.45) is 0 Å². The van der Waals surface area contributed by atoms with Gasteiger partial charge in [-0.1, -0.05) is 29.8 Å². The Kier molecular flexibility index (Phi) is 7.81. The summed E-state index contributed by atoms with van der Waals surface area (Å²) in [5.74, 6) is -0.750. The molecule has 0 aromatic heterocycles. The summed E-state index contributed by atoms with van der Waals surface area (Å²) in [5, 5.41) is 6.12. The highest BCUT2D eigenvalue weighted by atomic mass is 35.5. The van der Waals surface area contributed by atoms with Gasteiger partial charge >= 0.3 is 12.0 Å². The van der Waals surface area contributed by atoms with Gasteiger partial charge in [0.25, 0.3) is 0 Å². The second kappa shape index (κ2) is 10.8. The zero-order valence-corrected chi connectivity index (χ0v) is 20.5. The van der Waals surface area contributed by atoms with Crippen molar-refractivity contribution in [3.8, 4) is 5.75 Å². The van der Waals surface area contributed by atoms with E-state index in [4.69, 9.17) is 35.3 Å². The molecule has 2 N–H and O–H groups in total. The summed E-state index contributed by atoms with van der Waals surface area (Å²) >= 11 is 5.92. The highest BCUT2D eigenvalue weighted by molar-refractivity contribution is 6.30. The zero-order valence-electron chi connectivity index (χ0n) is 19.7. The van der Waals surface area contributed by atoms with Gasteiger partial charge in [-0.25, -0.2) is 4.79 Å². The van der Waals surface area contributed by atoms with Gasteiger partial charge in [0.2, 0.25) is 0 Å². The Balaban J connectivity index is 1.56. The molecule has 0 aliphatic carbocycles. The predicted molar refractivity (Wildman–Crippen MR) is 128 cm³/mol. The Hall–Kier alpha value is -2.85. The van der Waals surface area contributed by atoms with Crippen LogP contribution in [0.25, 0.3) is 0 Å². The lowest BCUT2D eigenvalue weighted by Gasteiger charge is -2.31. The first-order valence-corrected chi connectivity index (χ1v) is 11.8. The molecule has 9 nitrogen and oxygen atoms in total. The fourth-order valence-corrected chi connectivity index (χ4v) is 4.26. The van der Waals surface area contributed by atoms with E-state index >= 15 is 0 Å². The van der Waals surface area contributed by atoms with E-state index in [9.17, 15) is 9.59 Å². The molecule has 1 unspecified atom stereocenters. The molecule has 4 rings (SSSR count). The third-order valence-electron chi connectivity index (χ3n) is 5.55. The maximum absolute atomic E-state index is 12.9. The van der Waals surface area contributed by atoms with Gasteiger partial charge in [-0.15, -0.1) is 0 Å². The molecule has 2 saturated heterocycles. The first-order valence-electron chi connectivity index (χ1n) is 11.5. The Morgan fingerprint density at radius 2 is 1.80 bits per heavy atom. The normalized spacial score (nSPS) is 25.4. The average Bonchev–Trinajstić information content (AvgIpc) is 3.28. The summed E-state index contributed by atoms with van der Waals surface area (Å²) in [7, 11) is 0. The molecule has 35 heavy (non-hydrogen) atoms. The minimum Gasteiger partial charge on any atom is -0.485 e. The number of amides is 2. The molecule has 2 fully saturated rings. The number of halogens is 1. The number of rotatable bonds is 8. The molecule has 2 aromatic carbocycles. The van der Waals surface area contributed by atoms with E-state index in [1.165, 1.54) is 0 Å². The molecule has 10 heteroatoms. The summed E-state index contributed by atoms with van der Waals surface area (Å²) in [6, 6.07) is 14.5. The molecule has 5 atom stereocenters. The van der Waals surface area contributed by atoms with Crippen molar-refractivity contribution in [2.75, 3.05) is 11.9 Å². The Morgan fingerprint density at radius 3 is 2.49 bits per heavy atom. The van der Waals surface area contributed by atoms with Crippen molar-refractivity contribution in [3.63, 3.8) is 0 Å². The maximum atomic E-state index is 12.9. The molecule has 0 bridgehead atoms. The molecule has 0 saturated carbocycles. The van der Waals surface area contributed by atoms with Crippen LogP contribution in [0.15, 0.2) is 54.6 Å². The van der Waals surface area contributed by atoms with Gasteiger partial charge in [-0.2, -0.15) is 0 Å². The third kappa shape index (κ3) is 6.43. The largest absolute Gasteiger partial charge is 0.485 e. The van der Waals surface area contributed by atoms with Gasteiger partial charge in [0.1, 0.15) is 11.9 Å². The number of carbonyl (C=O) groups is 2. The van der Waals surface area contributed by atoms with Crippen LogP contribution in [0.4, 0.5) is 10.5 Å². The second-order valence-corrected chi connectivity index (χ2v) is 9.12. The van der Waals surface area contributed by atoms with Gasteiger partial charge in [0, 0.05) is 10.7 Å². The van der Waals surface area contributed by atoms with Crippen LogP contribution >= 0.6 is 11.6 Å². The molecular formula is C25H29ClN2O7. The zero-order chi connectivity index (χ0) is 25.0. The summed E-state index contributed by atoms with van der Waals surface area (Å²) in [5.41, 5.74) is 0.538. The Bertz CT molecular complexity index is 1020. The van der Waals surface area contributed by atoms with Crippen LogP contribution in [0.1, 0.15) is 27.2 Å². The lowest BCUT2D eigenvalue weighted by Crippen LogP contribution is -2.53. The van der Waals surface area contributed by atoms with Gasteiger partial charge in [-0.3, -0.25) is 4.79 Å². The smallest absolute Gasteiger partial charge is 0.319 e. The first-order chi connectivity index (χ1) is 16.7. The lowest BCUT2D eigenvalue weighted by molar-refractivity contribution is -0.216. The minimum atomic E-state index is -0.866. The van der Waals surface area contributed by atoms with E-state index in [1.807, 2.05) is 30.3 Å². The number of fused-ring (bicyclic) bond motifs is 1. The van der Waals surface area contributed by atoms with Gasteiger partial charge < -0.3 is 34.3 Å². The highest BCUT2D eigenvalue weighted by Gasteiger charge is 2.58. The number of carbonyl (C=O) groups excluding carboxylic acids is 2. The number of para-hydroxylation sites is 1. The van der Waals surface area contributed by atoms with Crippen molar-refractivity contribution in [1.29, 1.82) is 0 Å². The summed E-state index contributed by atoms with van der Waals surface area (Å²) in [4.78, 5) is 25.3. The van der Waals surface area contributed by atoms with Crippen molar-refractivity contribution in [2.45, 2.75) is 63.6 Å². The van der Waals surface area contributed by atoms with Gasteiger partial charge in [0.15, 0.2) is 24.3 Å². The van der Waals surface area contributed by atoms with E-state index in [2.05, 4.69) is 10.6 Å². The molecule has 2 amide bonds. The fourth-order valence-electron chi connectivity index (χ4n) is 4.14. The van der Waals surface area contributed by atoms with Gasteiger partial charge in [-0.05, 0) is 57.2 Å². The monoisotopic (exact) mass is 504 g/mol. The summed E-state index contributed by atoms with van der Waals surface area (Å²) in [6.07, 6.45) is -2.86. The number of urea groups is 1. The fraction of sp³-hybridized carbons (Fsp3) is 0.440. The molecule has 2 aliphatic heterocycles. The summed E-state index contributed by atoms with van der Waals surface area (Å²) in [6.45, 7) is 5.51. The lowest BCUT2D eigenvalue weighted by atomic mass is 10.0. The number of esters is 1. The number of anilines is 1. The van der Waals surface area contributed by atoms with Crippen LogP contribution in [-0.4, -0.2) is 55.0 Å². The minimum absolute atomic E-state index is 0.135. The van der Waals surface area contributed by atoms with E-state index in [0.717, 1.165) is 0 Å². The number of benzene rings is 2. The average molecular weight is 505 g/mol. The van der Waals surface area contributed by atoms with Crippen LogP contribution in [-0.2, 0) is 23.7 Å². The Morgan fingerprint density at radius 1 is 1.09 bits per heavy atom. The van der Waals surface area contributed by atoms with Crippen molar-refractivity contribution in [3.05, 3.63) is 59.6 Å². The molecule has 0 radical (unpaired) electrons. The van der Waals surface area contributed by atoms with Gasteiger partial charge in [0.05, 0.1) is 19.1 Å². The number of ether oxygens (including phenoxy) is 5. The van der Waals surface area contributed by atoms with Crippen LogP contribution in [0.2, 0.25) is 5.02 Å². The molecule has 2 aromatic rings. The van der Waals surface area contributed by atoms with E-state index in [-0.39, 0.29) is 13.0 Å². The molecular weight excluding hydrogens is 476 g/mol. The number of hydrogen-bond acceptors (Lipinski definition) is 7. The maximum Gasteiger partial charge on any atom is 0.319 e. The highest BCUT2D eigenvalue weighted by Crippen LogP contribution is 2.40. The standard InChI is InChI=1S/C25H29ClN2O7/c1-4-31-19(29)14-18(28-24(30)27-16-12-10-15(26)11-13-16)20-21(32-17-8-6-5-7-9-17)22-23(33-20)35-25(2,3)34-22/h5-13,18,20-23H,4,14H2,1-3H3,(H2,27,28,30)/t18-,20?,21-,22+,23+/m0/s1. The quantitative estimate of drug-likeness (QED) is 0.521. The van der Waals surface area contributed by atoms with Crippen molar-refractivity contribution in [1.82, 2.24) is 5.32 Å². The molecule has 0 spiro atoms. The van der Waals surface area contributed by atoms with E-state index in [1.54, 1.807) is 45.0 Å². The van der Waals surface area contributed by atoms with Crippen molar-refractivity contribution >= 4 is 29.3 Å². The van der Waals surface area contributed by atoms with Crippen LogP contribution in [0.3, 0.4) is 0 Å². The van der Waals surface area contributed by atoms with Crippen LogP contribution < -0.4 is 15.4 Å². The Labute approximate surface area is 209 Å². The summed E-state index contributed by atoms with van der Waals surface area (Å²) < 4.78 is 29.6.